The maximum absolute atomic E-state index is 13.6. The van der Waals surface area contributed by atoms with Crippen molar-refractivity contribution in [2.75, 3.05) is 7.11 Å². The van der Waals surface area contributed by atoms with E-state index in [1.54, 1.807) is 54.5 Å². The van der Waals surface area contributed by atoms with Crippen molar-refractivity contribution in [3.05, 3.63) is 128 Å². The Balaban J connectivity index is 1.39. The molecular weight excluding hydrogens is 595 g/mol. The number of hydrogen-bond donors (Lipinski definition) is 1. The van der Waals surface area contributed by atoms with Crippen LogP contribution in [-0.2, 0) is 17.9 Å². The van der Waals surface area contributed by atoms with E-state index in [1.165, 1.54) is 23.9 Å². The van der Waals surface area contributed by atoms with Crippen LogP contribution in [0.2, 0.25) is 10.0 Å². The van der Waals surface area contributed by atoms with Crippen molar-refractivity contribution in [2.45, 2.75) is 13.2 Å². The predicted octanol–water partition coefficient (Wildman–Crippen LogP) is 8.08. The number of halogens is 2. The van der Waals surface area contributed by atoms with E-state index in [2.05, 4.69) is 0 Å². The van der Waals surface area contributed by atoms with Crippen molar-refractivity contribution in [3.63, 3.8) is 0 Å². The monoisotopic (exact) mass is 618 g/mol. The number of amides is 1. The zero-order valence-corrected chi connectivity index (χ0v) is 24.6. The maximum Gasteiger partial charge on any atom is 0.335 e. The van der Waals surface area contributed by atoms with Crippen LogP contribution in [0.5, 0.6) is 11.5 Å². The number of nitrogens with zero attached hydrogens (tertiary/aromatic N) is 2. The summed E-state index contributed by atoms with van der Waals surface area (Å²) in [4.78, 5) is 31.7. The van der Waals surface area contributed by atoms with Gasteiger partial charge in [0.05, 0.1) is 39.9 Å². The number of ether oxygens (including phenoxy) is 2. The summed E-state index contributed by atoms with van der Waals surface area (Å²) in [6, 6.07) is 26.5. The Morgan fingerprint density at radius 1 is 0.929 bits per heavy atom. The second-order valence-corrected chi connectivity index (χ2v) is 11.0. The second-order valence-electron chi connectivity index (χ2n) is 9.18. The van der Waals surface area contributed by atoms with E-state index in [4.69, 9.17) is 37.7 Å². The van der Waals surface area contributed by atoms with E-state index in [-0.39, 0.29) is 24.6 Å². The fraction of sp³-hybridized carbons (Fsp3) is 0.0938. The number of thioether (sulfide) groups is 1. The number of hydrogen-bond acceptors (Lipinski definition) is 6. The molecule has 5 rings (SSSR count). The molecule has 0 aliphatic carbocycles. The van der Waals surface area contributed by atoms with Crippen LogP contribution < -0.4 is 9.47 Å². The molecule has 1 fully saturated rings. The minimum atomic E-state index is -1.01. The molecule has 0 aromatic heterocycles. The largest absolute Gasteiger partial charge is 0.493 e. The summed E-state index contributed by atoms with van der Waals surface area (Å²) in [7, 11) is 1.55. The van der Waals surface area contributed by atoms with E-state index >= 15 is 0 Å². The Bertz CT molecular complexity index is 1690. The van der Waals surface area contributed by atoms with Gasteiger partial charge in [0.2, 0.25) is 0 Å². The molecule has 1 heterocycles. The lowest BCUT2D eigenvalue weighted by atomic mass is 10.1. The van der Waals surface area contributed by atoms with Gasteiger partial charge in [0.1, 0.15) is 6.61 Å². The lowest BCUT2D eigenvalue weighted by molar-refractivity contribution is -0.122. The molecule has 1 aliphatic rings. The first-order chi connectivity index (χ1) is 20.3. The molecule has 0 atom stereocenters. The molecule has 1 N–H and O–H groups in total. The number of carboxylic acids is 1. The van der Waals surface area contributed by atoms with E-state index in [9.17, 15) is 14.7 Å². The van der Waals surface area contributed by atoms with E-state index in [1.807, 2.05) is 42.5 Å². The van der Waals surface area contributed by atoms with E-state index in [0.29, 0.717) is 37.3 Å². The first-order valence-corrected chi connectivity index (χ1v) is 14.3. The van der Waals surface area contributed by atoms with Crippen LogP contribution in [-0.4, -0.2) is 34.2 Å². The quantitative estimate of drug-likeness (QED) is 0.191. The number of para-hydroxylation sites is 1. The first kappa shape index (κ1) is 29.3. The molecule has 212 valence electrons. The molecule has 4 aromatic rings. The van der Waals surface area contributed by atoms with Crippen LogP contribution in [0.3, 0.4) is 0 Å². The smallest absolute Gasteiger partial charge is 0.335 e. The average Bonchev–Trinajstić information content (AvgIpc) is 3.27. The van der Waals surface area contributed by atoms with Crippen LogP contribution in [0.1, 0.15) is 27.0 Å². The molecule has 0 spiro atoms. The molecule has 0 saturated carbocycles. The Morgan fingerprint density at radius 3 is 2.36 bits per heavy atom. The van der Waals surface area contributed by atoms with Crippen LogP contribution in [0.25, 0.3) is 6.08 Å². The third-order valence-corrected chi connectivity index (χ3v) is 8.02. The van der Waals surface area contributed by atoms with Gasteiger partial charge < -0.3 is 14.6 Å². The van der Waals surface area contributed by atoms with Gasteiger partial charge in [-0.3, -0.25) is 9.69 Å². The van der Waals surface area contributed by atoms with Crippen molar-refractivity contribution in [3.8, 4) is 11.5 Å². The van der Waals surface area contributed by atoms with Gasteiger partial charge in [-0.1, -0.05) is 65.7 Å². The van der Waals surface area contributed by atoms with Crippen molar-refractivity contribution in [1.82, 2.24) is 4.90 Å². The van der Waals surface area contributed by atoms with E-state index in [0.717, 1.165) is 16.7 Å². The minimum absolute atomic E-state index is 0.179. The number of benzene rings is 4. The third-order valence-electron chi connectivity index (χ3n) is 6.27. The number of aliphatic imine (C=N–C) groups is 1. The molecule has 4 aromatic carbocycles. The first-order valence-electron chi connectivity index (χ1n) is 12.7. The average molecular weight is 620 g/mol. The summed E-state index contributed by atoms with van der Waals surface area (Å²) >= 11 is 13.4. The standard InChI is InChI=1S/C32H24Cl2N2O5S/c1-40-28-16-21(10-14-27(28)41-19-22-9-13-25(33)26(34)15-22)17-29-30(37)36(18-20-7-11-23(12-8-20)31(38)39)32(42-29)35-24-5-3-2-4-6-24/h2-17H,18-19H2,1H3,(H,38,39)/b29-17-,35-32?. The van der Waals surface area contributed by atoms with Crippen molar-refractivity contribution in [1.29, 1.82) is 0 Å². The molecular formula is C32H24Cl2N2O5S. The summed E-state index contributed by atoms with van der Waals surface area (Å²) in [5.74, 6) is -0.176. The molecule has 1 amide bonds. The normalized spacial score (nSPS) is 14.9. The summed E-state index contributed by atoms with van der Waals surface area (Å²) in [6.45, 7) is 0.503. The zero-order chi connectivity index (χ0) is 29.6. The molecule has 7 nitrogen and oxygen atoms in total. The summed E-state index contributed by atoms with van der Waals surface area (Å²) in [5.41, 5.74) is 3.27. The van der Waals surface area contributed by atoms with Crippen LogP contribution >= 0.6 is 35.0 Å². The van der Waals surface area contributed by atoms with Crippen molar-refractivity contribution >= 4 is 63.8 Å². The highest BCUT2D eigenvalue weighted by atomic mass is 35.5. The fourth-order valence-corrected chi connectivity index (χ4v) is 5.43. The summed E-state index contributed by atoms with van der Waals surface area (Å²) in [6.07, 6.45) is 1.78. The summed E-state index contributed by atoms with van der Waals surface area (Å²) in [5, 5.41) is 10.7. The number of carbonyl (C=O) groups is 2. The number of rotatable bonds is 9. The van der Waals surface area contributed by atoms with Gasteiger partial charge in [-0.2, -0.15) is 0 Å². The minimum Gasteiger partial charge on any atom is -0.493 e. The fourth-order valence-electron chi connectivity index (χ4n) is 4.11. The number of carbonyl (C=O) groups excluding carboxylic acids is 1. The van der Waals surface area contributed by atoms with Gasteiger partial charge in [-0.05, 0) is 83.1 Å². The molecule has 0 bridgehead atoms. The second kappa shape index (κ2) is 13.2. The van der Waals surface area contributed by atoms with Crippen LogP contribution in [0.4, 0.5) is 5.69 Å². The molecule has 1 aliphatic heterocycles. The number of methoxy groups -OCH3 is 1. The van der Waals surface area contributed by atoms with E-state index < -0.39 is 5.97 Å². The predicted molar refractivity (Wildman–Crippen MR) is 167 cm³/mol. The maximum atomic E-state index is 13.6. The lowest BCUT2D eigenvalue weighted by Gasteiger charge is -2.16. The SMILES string of the molecule is COc1cc(/C=C2\SC(=Nc3ccccc3)N(Cc3ccc(C(=O)O)cc3)C2=O)ccc1OCc1ccc(Cl)c(Cl)c1. The molecule has 0 radical (unpaired) electrons. The Labute approximate surface area is 257 Å². The van der Waals surface area contributed by atoms with Crippen molar-refractivity contribution in [2.24, 2.45) is 4.99 Å². The lowest BCUT2D eigenvalue weighted by Crippen LogP contribution is -2.28. The third kappa shape index (κ3) is 6.97. The van der Waals surface area contributed by atoms with Crippen molar-refractivity contribution < 1.29 is 24.2 Å². The zero-order valence-electron chi connectivity index (χ0n) is 22.3. The van der Waals surface area contributed by atoms with Crippen LogP contribution in [0, 0.1) is 0 Å². The summed E-state index contributed by atoms with van der Waals surface area (Å²) < 4.78 is 11.5. The van der Waals surface area contributed by atoms with Gasteiger partial charge in [0.25, 0.3) is 5.91 Å². The molecule has 42 heavy (non-hydrogen) atoms. The van der Waals surface area contributed by atoms with Gasteiger partial charge in [0, 0.05) is 0 Å². The molecule has 1 saturated heterocycles. The Hall–Kier alpha value is -4.24. The number of amidine groups is 1. The highest BCUT2D eigenvalue weighted by Crippen LogP contribution is 2.37. The number of carboxylic acid groups (broad SMARTS) is 1. The van der Waals surface area contributed by atoms with Crippen LogP contribution in [0.15, 0.2) is 101 Å². The number of aromatic carboxylic acids is 1. The van der Waals surface area contributed by atoms with Gasteiger partial charge in [-0.25, -0.2) is 9.79 Å². The topological polar surface area (TPSA) is 88.4 Å². The molecule has 10 heteroatoms. The molecule has 0 unspecified atom stereocenters. The van der Waals surface area contributed by atoms with Gasteiger partial charge in [0.15, 0.2) is 16.7 Å². The highest BCUT2D eigenvalue weighted by molar-refractivity contribution is 8.18. The van der Waals surface area contributed by atoms with Gasteiger partial charge >= 0.3 is 5.97 Å². The highest BCUT2D eigenvalue weighted by Gasteiger charge is 2.33. The Morgan fingerprint density at radius 2 is 1.67 bits per heavy atom. The Kier molecular flexibility index (Phi) is 9.17. The van der Waals surface area contributed by atoms with Gasteiger partial charge in [-0.15, -0.1) is 0 Å².